The van der Waals surface area contributed by atoms with Gasteiger partial charge in [-0.15, -0.1) is 12.4 Å². The minimum Gasteiger partial charge on any atom is -0.377 e. The van der Waals surface area contributed by atoms with Crippen LogP contribution in [-0.2, 0) is 19.6 Å². The molecule has 2 aliphatic rings. The van der Waals surface area contributed by atoms with E-state index in [1.165, 1.54) is 12.1 Å². The summed E-state index contributed by atoms with van der Waals surface area (Å²) in [5, 5.41) is 5.77. The summed E-state index contributed by atoms with van der Waals surface area (Å²) in [6.45, 7) is 2.20. The summed E-state index contributed by atoms with van der Waals surface area (Å²) in [5.74, 6) is 0.253. The van der Waals surface area contributed by atoms with Crippen molar-refractivity contribution in [3.05, 3.63) is 24.3 Å². The number of anilines is 1. The van der Waals surface area contributed by atoms with Crippen molar-refractivity contribution >= 4 is 39.9 Å². The fourth-order valence-electron chi connectivity index (χ4n) is 2.94. The Labute approximate surface area is 165 Å². The molecule has 1 saturated heterocycles. The lowest BCUT2D eigenvalue weighted by Crippen LogP contribution is -2.33. The second-order valence-electron chi connectivity index (χ2n) is 6.38. The first-order chi connectivity index (χ1) is 12.5. The van der Waals surface area contributed by atoms with Crippen LogP contribution in [0, 0.1) is 0 Å². The van der Waals surface area contributed by atoms with E-state index in [0.29, 0.717) is 31.0 Å². The Morgan fingerprint density at radius 2 is 2.15 bits per heavy atom. The van der Waals surface area contributed by atoms with Gasteiger partial charge in [0, 0.05) is 31.8 Å². The quantitative estimate of drug-likeness (QED) is 0.620. The maximum absolute atomic E-state index is 12.4. The number of carbonyl (C=O) groups is 1. The standard InChI is InChI=1S/C17H24N4O4S.ClH/c22-17(12-18-11-14-5-3-9-25-14)20-13-4-1-6-15(10-13)26(23,24)21-16-7-2-8-19-16;/h1,4,6,10,14,18H,2-3,5,7-9,11-12H2,(H,19,21)(H,20,22);1H. The molecule has 0 aromatic heterocycles. The lowest BCUT2D eigenvalue weighted by Gasteiger charge is -2.12. The molecule has 0 spiro atoms. The van der Waals surface area contributed by atoms with Crippen molar-refractivity contribution in [2.75, 3.05) is 31.6 Å². The monoisotopic (exact) mass is 416 g/mol. The zero-order valence-corrected chi connectivity index (χ0v) is 16.6. The molecule has 27 heavy (non-hydrogen) atoms. The van der Waals surface area contributed by atoms with Crippen LogP contribution in [-0.4, -0.2) is 52.5 Å². The molecule has 1 atom stereocenters. The fraction of sp³-hybridized carbons (Fsp3) is 0.529. The van der Waals surface area contributed by atoms with E-state index in [-0.39, 0.29) is 35.9 Å². The third-order valence-corrected chi connectivity index (χ3v) is 5.62. The number of amidine groups is 1. The number of aliphatic imine (C=N–C) groups is 1. The van der Waals surface area contributed by atoms with Crippen LogP contribution in [0.4, 0.5) is 5.69 Å². The molecule has 2 aliphatic heterocycles. The largest absolute Gasteiger partial charge is 0.377 e. The van der Waals surface area contributed by atoms with Gasteiger partial charge in [-0.1, -0.05) is 6.07 Å². The van der Waals surface area contributed by atoms with Crippen LogP contribution in [0.5, 0.6) is 0 Å². The van der Waals surface area contributed by atoms with Crippen molar-refractivity contribution in [3.8, 4) is 0 Å². The van der Waals surface area contributed by atoms with E-state index in [4.69, 9.17) is 4.74 Å². The minimum atomic E-state index is -3.69. The molecule has 1 unspecified atom stereocenters. The topological polar surface area (TPSA) is 109 Å². The third kappa shape index (κ3) is 6.46. The number of rotatable bonds is 7. The van der Waals surface area contributed by atoms with Gasteiger partial charge < -0.3 is 15.4 Å². The predicted molar refractivity (Wildman–Crippen MR) is 106 cm³/mol. The highest BCUT2D eigenvalue weighted by Gasteiger charge is 2.19. The summed E-state index contributed by atoms with van der Waals surface area (Å²) in [6.07, 6.45) is 3.72. The Balaban J connectivity index is 0.00000261. The van der Waals surface area contributed by atoms with Gasteiger partial charge in [-0.05, 0) is 37.5 Å². The van der Waals surface area contributed by atoms with Gasteiger partial charge in [0.1, 0.15) is 5.84 Å². The van der Waals surface area contributed by atoms with E-state index < -0.39 is 10.0 Å². The molecule has 0 aliphatic carbocycles. The van der Waals surface area contributed by atoms with Crippen LogP contribution in [0.1, 0.15) is 25.7 Å². The number of sulfonamides is 1. The Morgan fingerprint density at radius 3 is 2.85 bits per heavy atom. The molecule has 10 heteroatoms. The Bertz CT molecular complexity index is 779. The van der Waals surface area contributed by atoms with E-state index >= 15 is 0 Å². The number of halogens is 1. The predicted octanol–water partition coefficient (Wildman–Crippen LogP) is 1.29. The second kappa shape index (κ2) is 10.0. The molecule has 0 radical (unpaired) electrons. The molecule has 0 bridgehead atoms. The number of benzene rings is 1. The number of hydrogen-bond acceptors (Lipinski definition) is 6. The first-order valence-corrected chi connectivity index (χ1v) is 10.3. The Hall–Kier alpha value is -1.68. The smallest absolute Gasteiger partial charge is 0.262 e. The van der Waals surface area contributed by atoms with Crippen molar-refractivity contribution < 1.29 is 17.9 Å². The summed E-state index contributed by atoms with van der Waals surface area (Å²) in [4.78, 5) is 16.2. The zero-order chi connectivity index (χ0) is 18.4. The minimum absolute atomic E-state index is 0. The fourth-order valence-corrected chi connectivity index (χ4v) is 4.07. The Morgan fingerprint density at radius 1 is 1.30 bits per heavy atom. The molecule has 2 heterocycles. The molecule has 8 nitrogen and oxygen atoms in total. The molecular formula is C17H25ClN4O4S. The van der Waals surface area contributed by atoms with Gasteiger partial charge in [-0.3, -0.25) is 14.5 Å². The lowest BCUT2D eigenvalue weighted by molar-refractivity contribution is -0.115. The van der Waals surface area contributed by atoms with Crippen LogP contribution >= 0.6 is 12.4 Å². The van der Waals surface area contributed by atoms with Crippen molar-refractivity contribution in [1.82, 2.24) is 10.0 Å². The maximum atomic E-state index is 12.4. The summed E-state index contributed by atoms with van der Waals surface area (Å²) in [6, 6.07) is 6.18. The third-order valence-electron chi connectivity index (χ3n) is 4.24. The maximum Gasteiger partial charge on any atom is 0.262 e. The Kier molecular flexibility index (Phi) is 8.03. The SMILES string of the molecule is Cl.O=C(CNCC1CCCO1)Nc1cccc(S(=O)(=O)NC2=NCCC2)c1. The summed E-state index contributed by atoms with van der Waals surface area (Å²) in [7, 11) is -3.69. The van der Waals surface area contributed by atoms with Crippen LogP contribution in [0.3, 0.4) is 0 Å². The van der Waals surface area contributed by atoms with Crippen molar-refractivity contribution in [2.45, 2.75) is 36.7 Å². The van der Waals surface area contributed by atoms with Gasteiger partial charge in [0.25, 0.3) is 10.0 Å². The molecule has 1 amide bonds. The van der Waals surface area contributed by atoms with E-state index in [9.17, 15) is 13.2 Å². The van der Waals surface area contributed by atoms with Gasteiger partial charge in [-0.2, -0.15) is 0 Å². The van der Waals surface area contributed by atoms with Crippen LogP contribution in [0.25, 0.3) is 0 Å². The molecule has 1 aromatic carbocycles. The first-order valence-electron chi connectivity index (χ1n) is 8.81. The summed E-state index contributed by atoms with van der Waals surface area (Å²) >= 11 is 0. The van der Waals surface area contributed by atoms with E-state index in [1.807, 2.05) is 0 Å². The van der Waals surface area contributed by atoms with Crippen LogP contribution in [0.15, 0.2) is 34.2 Å². The number of amides is 1. The molecular weight excluding hydrogens is 392 g/mol. The number of carbonyl (C=O) groups excluding carboxylic acids is 1. The number of nitrogens with one attached hydrogen (secondary N) is 3. The van der Waals surface area contributed by atoms with Gasteiger partial charge in [-0.25, -0.2) is 8.42 Å². The molecule has 150 valence electrons. The van der Waals surface area contributed by atoms with Crippen molar-refractivity contribution in [3.63, 3.8) is 0 Å². The van der Waals surface area contributed by atoms with Crippen molar-refractivity contribution in [1.29, 1.82) is 0 Å². The number of ether oxygens (including phenoxy) is 1. The highest BCUT2D eigenvalue weighted by atomic mass is 35.5. The molecule has 3 N–H and O–H groups in total. The van der Waals surface area contributed by atoms with Crippen LogP contribution in [0.2, 0.25) is 0 Å². The van der Waals surface area contributed by atoms with E-state index in [2.05, 4.69) is 20.3 Å². The molecule has 1 aromatic rings. The van der Waals surface area contributed by atoms with E-state index in [0.717, 1.165) is 25.9 Å². The van der Waals surface area contributed by atoms with Gasteiger partial charge >= 0.3 is 0 Å². The number of nitrogens with zero attached hydrogens (tertiary/aromatic N) is 1. The molecule has 1 fully saturated rings. The lowest BCUT2D eigenvalue weighted by atomic mass is 10.2. The van der Waals surface area contributed by atoms with E-state index in [1.54, 1.807) is 12.1 Å². The normalized spacial score (nSPS) is 19.3. The first kappa shape index (κ1) is 21.6. The number of hydrogen-bond donors (Lipinski definition) is 3. The van der Waals surface area contributed by atoms with Gasteiger partial charge in [0.2, 0.25) is 5.91 Å². The zero-order valence-electron chi connectivity index (χ0n) is 14.9. The molecule has 3 rings (SSSR count). The summed E-state index contributed by atoms with van der Waals surface area (Å²) in [5.41, 5.74) is 0.435. The average Bonchev–Trinajstić information content (AvgIpc) is 3.29. The van der Waals surface area contributed by atoms with Crippen molar-refractivity contribution in [2.24, 2.45) is 4.99 Å². The second-order valence-corrected chi connectivity index (χ2v) is 8.06. The van der Waals surface area contributed by atoms with Gasteiger partial charge in [0.05, 0.1) is 17.5 Å². The highest BCUT2D eigenvalue weighted by Crippen LogP contribution is 2.16. The van der Waals surface area contributed by atoms with Crippen LogP contribution < -0.4 is 15.4 Å². The van der Waals surface area contributed by atoms with Gasteiger partial charge in [0.15, 0.2) is 0 Å². The molecule has 0 saturated carbocycles. The summed E-state index contributed by atoms with van der Waals surface area (Å²) < 4.78 is 32.8. The highest BCUT2D eigenvalue weighted by molar-refractivity contribution is 7.90. The average molecular weight is 417 g/mol.